The van der Waals surface area contributed by atoms with Crippen LogP contribution in [0.15, 0.2) is 36.9 Å². The molecule has 0 heterocycles. The summed E-state index contributed by atoms with van der Waals surface area (Å²) in [6.07, 6.45) is 3.18. The highest BCUT2D eigenvalue weighted by Gasteiger charge is 2.17. The highest BCUT2D eigenvalue weighted by Crippen LogP contribution is 2.16. The monoisotopic (exact) mass is 309 g/mol. The van der Waals surface area contributed by atoms with Gasteiger partial charge in [0, 0.05) is 11.6 Å². The van der Waals surface area contributed by atoms with Crippen molar-refractivity contribution >= 4 is 17.7 Å². The summed E-state index contributed by atoms with van der Waals surface area (Å²) in [6, 6.07) is 7.77. The second kappa shape index (κ2) is 8.08. The van der Waals surface area contributed by atoms with Crippen molar-refractivity contribution in [1.29, 1.82) is 0 Å². The van der Waals surface area contributed by atoms with Gasteiger partial charge >= 0.3 is 6.09 Å². The number of allylic oxidation sites excluding steroid dienone is 1. The average Bonchev–Trinajstić information content (AvgIpc) is 2.37. The minimum atomic E-state index is -0.478. The first-order chi connectivity index (χ1) is 9.80. The van der Waals surface area contributed by atoms with Crippen molar-refractivity contribution in [3.8, 4) is 0 Å². The molecule has 1 aromatic carbocycles. The number of amides is 1. The topological polar surface area (TPSA) is 38.3 Å². The van der Waals surface area contributed by atoms with Crippen LogP contribution < -0.4 is 5.32 Å². The van der Waals surface area contributed by atoms with E-state index in [1.54, 1.807) is 0 Å². The van der Waals surface area contributed by atoms with Crippen LogP contribution >= 0.6 is 11.6 Å². The van der Waals surface area contributed by atoms with Crippen LogP contribution in [0, 0.1) is 5.92 Å². The Morgan fingerprint density at radius 3 is 2.52 bits per heavy atom. The molecule has 0 fully saturated rings. The minimum Gasteiger partial charge on any atom is -0.444 e. The minimum absolute atomic E-state index is 0.288. The van der Waals surface area contributed by atoms with Gasteiger partial charge in [0.2, 0.25) is 0 Å². The van der Waals surface area contributed by atoms with Crippen LogP contribution in [0.3, 0.4) is 0 Å². The molecule has 21 heavy (non-hydrogen) atoms. The highest BCUT2D eigenvalue weighted by molar-refractivity contribution is 6.30. The molecule has 1 unspecified atom stereocenters. The third kappa shape index (κ3) is 7.76. The molecule has 3 nitrogen and oxygen atoms in total. The standard InChI is InChI=1S/C17H24ClNO2/c1-5-6-14(11-13-7-9-15(18)10-8-13)12-19-16(20)21-17(2,3)4/h5,7-10,14H,1,6,11-12H2,2-4H3,(H,19,20). The fraction of sp³-hybridized carbons (Fsp3) is 0.471. The summed E-state index contributed by atoms with van der Waals surface area (Å²) in [5.74, 6) is 0.288. The number of halogens is 1. The smallest absolute Gasteiger partial charge is 0.407 e. The summed E-state index contributed by atoms with van der Waals surface area (Å²) in [5.41, 5.74) is 0.714. The van der Waals surface area contributed by atoms with Crippen LogP contribution in [0.4, 0.5) is 4.79 Å². The van der Waals surface area contributed by atoms with Gasteiger partial charge in [0.25, 0.3) is 0 Å². The predicted molar refractivity (Wildman–Crippen MR) is 87.7 cm³/mol. The number of hydrogen-bond donors (Lipinski definition) is 1. The van der Waals surface area contributed by atoms with Crippen LogP contribution in [0.2, 0.25) is 5.02 Å². The van der Waals surface area contributed by atoms with Gasteiger partial charge in [-0.05, 0) is 57.2 Å². The number of benzene rings is 1. The maximum atomic E-state index is 11.7. The molecule has 0 aliphatic rings. The number of carbonyl (C=O) groups is 1. The van der Waals surface area contributed by atoms with Crippen LogP contribution in [0.1, 0.15) is 32.8 Å². The Morgan fingerprint density at radius 2 is 2.00 bits per heavy atom. The summed E-state index contributed by atoms with van der Waals surface area (Å²) >= 11 is 5.88. The van der Waals surface area contributed by atoms with Crippen molar-refractivity contribution < 1.29 is 9.53 Å². The molecular weight excluding hydrogens is 286 g/mol. The summed E-state index contributed by atoms with van der Waals surface area (Å²) in [5, 5.41) is 3.55. The summed E-state index contributed by atoms with van der Waals surface area (Å²) < 4.78 is 5.24. The maximum absolute atomic E-state index is 11.7. The third-order valence-corrected chi connectivity index (χ3v) is 3.12. The van der Waals surface area contributed by atoms with Gasteiger partial charge in [0.05, 0.1) is 0 Å². The van der Waals surface area contributed by atoms with E-state index >= 15 is 0 Å². The van der Waals surface area contributed by atoms with Gasteiger partial charge in [0.15, 0.2) is 0 Å². The summed E-state index contributed by atoms with van der Waals surface area (Å²) in [7, 11) is 0. The van der Waals surface area contributed by atoms with Crippen molar-refractivity contribution in [3.63, 3.8) is 0 Å². The van der Waals surface area contributed by atoms with E-state index in [4.69, 9.17) is 16.3 Å². The number of carbonyl (C=O) groups excluding carboxylic acids is 1. The van der Waals surface area contributed by atoms with E-state index in [9.17, 15) is 4.79 Å². The van der Waals surface area contributed by atoms with E-state index in [0.29, 0.717) is 6.54 Å². The van der Waals surface area contributed by atoms with Crippen molar-refractivity contribution in [2.75, 3.05) is 6.54 Å². The van der Waals surface area contributed by atoms with Gasteiger partial charge in [-0.25, -0.2) is 4.79 Å². The zero-order chi connectivity index (χ0) is 15.9. The maximum Gasteiger partial charge on any atom is 0.407 e. The molecule has 1 aromatic rings. The number of ether oxygens (including phenoxy) is 1. The molecule has 1 N–H and O–H groups in total. The van der Waals surface area contributed by atoms with Gasteiger partial charge in [0.1, 0.15) is 5.60 Å². The zero-order valence-corrected chi connectivity index (χ0v) is 13.7. The summed E-state index contributed by atoms with van der Waals surface area (Å²) in [6.45, 7) is 9.88. The molecule has 0 radical (unpaired) electrons. The fourth-order valence-corrected chi connectivity index (χ4v) is 2.10. The number of rotatable bonds is 6. The Kier molecular flexibility index (Phi) is 6.76. The first-order valence-corrected chi connectivity index (χ1v) is 7.50. The number of hydrogen-bond acceptors (Lipinski definition) is 2. The Labute approximate surface area is 132 Å². The van der Waals surface area contributed by atoms with Crippen molar-refractivity contribution in [2.24, 2.45) is 5.92 Å². The number of nitrogens with one attached hydrogen (secondary N) is 1. The average molecular weight is 310 g/mol. The van der Waals surface area contributed by atoms with E-state index in [0.717, 1.165) is 17.9 Å². The van der Waals surface area contributed by atoms with Gasteiger partial charge < -0.3 is 10.1 Å². The first kappa shape index (κ1) is 17.6. The van der Waals surface area contributed by atoms with E-state index in [1.807, 2.05) is 51.1 Å². The second-order valence-corrected chi connectivity index (χ2v) is 6.54. The first-order valence-electron chi connectivity index (χ1n) is 7.12. The molecule has 0 aliphatic heterocycles. The molecule has 0 spiro atoms. The molecule has 0 saturated heterocycles. The molecule has 1 atom stereocenters. The van der Waals surface area contributed by atoms with Crippen molar-refractivity contribution in [1.82, 2.24) is 5.32 Å². The molecule has 0 aliphatic carbocycles. The Bertz CT molecular complexity index is 463. The van der Waals surface area contributed by atoms with E-state index in [1.165, 1.54) is 5.56 Å². The third-order valence-electron chi connectivity index (χ3n) is 2.87. The van der Waals surface area contributed by atoms with E-state index < -0.39 is 5.60 Å². The molecule has 0 saturated carbocycles. The Balaban J connectivity index is 2.51. The molecule has 4 heteroatoms. The van der Waals surface area contributed by atoms with Crippen LogP contribution in [0.25, 0.3) is 0 Å². The molecule has 0 aromatic heterocycles. The van der Waals surface area contributed by atoms with E-state index in [2.05, 4.69) is 11.9 Å². The lowest BCUT2D eigenvalue weighted by Gasteiger charge is -2.21. The van der Waals surface area contributed by atoms with Gasteiger partial charge in [-0.2, -0.15) is 0 Å². The zero-order valence-electron chi connectivity index (χ0n) is 13.0. The lowest BCUT2D eigenvalue weighted by atomic mass is 9.96. The lowest BCUT2D eigenvalue weighted by molar-refractivity contribution is 0.0519. The van der Waals surface area contributed by atoms with E-state index in [-0.39, 0.29) is 12.0 Å². The Morgan fingerprint density at radius 1 is 1.38 bits per heavy atom. The second-order valence-electron chi connectivity index (χ2n) is 6.10. The molecular formula is C17H24ClNO2. The SMILES string of the molecule is C=CCC(CNC(=O)OC(C)(C)C)Cc1ccc(Cl)cc1. The van der Waals surface area contributed by atoms with Crippen molar-refractivity contribution in [3.05, 3.63) is 47.5 Å². The van der Waals surface area contributed by atoms with Gasteiger partial charge in [-0.1, -0.05) is 29.8 Å². The van der Waals surface area contributed by atoms with Gasteiger partial charge in [-0.3, -0.25) is 0 Å². The molecule has 1 rings (SSSR count). The highest BCUT2D eigenvalue weighted by atomic mass is 35.5. The largest absolute Gasteiger partial charge is 0.444 e. The van der Waals surface area contributed by atoms with Gasteiger partial charge in [-0.15, -0.1) is 6.58 Å². The predicted octanol–water partition coefficient (Wildman–Crippen LogP) is 4.60. The van der Waals surface area contributed by atoms with Crippen LogP contribution in [-0.4, -0.2) is 18.2 Å². The molecule has 0 bridgehead atoms. The fourth-order valence-electron chi connectivity index (χ4n) is 1.97. The molecule has 1 amide bonds. The Hall–Kier alpha value is -1.48. The van der Waals surface area contributed by atoms with Crippen molar-refractivity contribution in [2.45, 2.75) is 39.2 Å². The number of alkyl carbamates (subject to hydrolysis) is 1. The summed E-state index contributed by atoms with van der Waals surface area (Å²) in [4.78, 5) is 11.7. The molecule has 116 valence electrons. The quantitative estimate of drug-likeness (QED) is 0.780. The lowest BCUT2D eigenvalue weighted by Crippen LogP contribution is -2.35. The van der Waals surface area contributed by atoms with Crippen LogP contribution in [-0.2, 0) is 11.2 Å². The normalized spacial score (nSPS) is 12.6. The van der Waals surface area contributed by atoms with Crippen LogP contribution in [0.5, 0.6) is 0 Å².